The molecule has 0 fully saturated rings. The summed E-state index contributed by atoms with van der Waals surface area (Å²) >= 11 is 0. The van der Waals surface area contributed by atoms with Gasteiger partial charge in [0, 0.05) is 16.8 Å². The minimum absolute atomic E-state index is 0.204. The normalized spacial score (nSPS) is 10.1. The van der Waals surface area contributed by atoms with Gasteiger partial charge in [-0.3, -0.25) is 9.59 Å². The number of carbonyl (C=O) groups excluding carboxylic acids is 2. The standard InChI is InChI=1S/C18H13N3O3/c19-9-8-17(22)20-13-5-3-6-14(11-13)21-18(23)16-10-12-4-1-2-7-15(12)24-16/h1-7,10-11H,8H2,(H,20,22)(H,21,23). The van der Waals surface area contributed by atoms with Crippen LogP contribution in [0.3, 0.4) is 0 Å². The van der Waals surface area contributed by atoms with Crippen LogP contribution in [0.1, 0.15) is 17.0 Å². The number of carbonyl (C=O) groups is 2. The van der Waals surface area contributed by atoms with Gasteiger partial charge in [0.25, 0.3) is 5.91 Å². The molecule has 118 valence electrons. The molecule has 1 heterocycles. The van der Waals surface area contributed by atoms with Crippen molar-refractivity contribution < 1.29 is 14.0 Å². The number of nitriles is 1. The van der Waals surface area contributed by atoms with E-state index in [4.69, 9.17) is 9.68 Å². The van der Waals surface area contributed by atoms with Crippen LogP contribution in [0.15, 0.2) is 59.0 Å². The summed E-state index contributed by atoms with van der Waals surface area (Å²) in [5, 5.41) is 14.6. The van der Waals surface area contributed by atoms with Gasteiger partial charge in [-0.05, 0) is 30.3 Å². The quantitative estimate of drug-likeness (QED) is 0.769. The first-order chi connectivity index (χ1) is 11.7. The van der Waals surface area contributed by atoms with Gasteiger partial charge in [-0.15, -0.1) is 0 Å². The first-order valence-corrected chi connectivity index (χ1v) is 7.22. The zero-order valence-electron chi connectivity index (χ0n) is 12.6. The predicted octanol–water partition coefficient (Wildman–Crippen LogP) is 3.54. The van der Waals surface area contributed by atoms with E-state index in [2.05, 4.69) is 10.6 Å². The molecule has 0 aliphatic heterocycles. The Balaban J connectivity index is 1.74. The highest BCUT2D eigenvalue weighted by molar-refractivity contribution is 6.05. The molecule has 0 radical (unpaired) electrons. The van der Waals surface area contributed by atoms with E-state index in [1.54, 1.807) is 42.5 Å². The SMILES string of the molecule is N#CCC(=O)Nc1cccc(NC(=O)c2cc3ccccc3o2)c1. The van der Waals surface area contributed by atoms with Crippen molar-refractivity contribution >= 4 is 34.2 Å². The number of nitrogens with zero attached hydrogens (tertiary/aromatic N) is 1. The Morgan fingerprint density at radius 3 is 2.50 bits per heavy atom. The molecule has 0 aliphatic rings. The second kappa shape index (κ2) is 6.67. The molecule has 0 unspecified atom stereocenters. The smallest absolute Gasteiger partial charge is 0.291 e. The number of amides is 2. The third kappa shape index (κ3) is 3.42. The maximum Gasteiger partial charge on any atom is 0.291 e. The van der Waals surface area contributed by atoms with Crippen LogP contribution < -0.4 is 10.6 Å². The Labute approximate surface area is 137 Å². The molecule has 0 saturated heterocycles. The third-order valence-electron chi connectivity index (χ3n) is 3.29. The molecular weight excluding hydrogens is 306 g/mol. The fraction of sp³-hybridized carbons (Fsp3) is 0.0556. The van der Waals surface area contributed by atoms with E-state index in [0.717, 1.165) is 5.39 Å². The van der Waals surface area contributed by atoms with Crippen molar-refractivity contribution in [2.45, 2.75) is 6.42 Å². The maximum atomic E-state index is 12.3. The molecule has 0 spiro atoms. The molecule has 2 N–H and O–H groups in total. The second-order valence-corrected chi connectivity index (χ2v) is 5.07. The average molecular weight is 319 g/mol. The summed E-state index contributed by atoms with van der Waals surface area (Å²) in [6.07, 6.45) is -0.227. The second-order valence-electron chi connectivity index (χ2n) is 5.07. The van der Waals surface area contributed by atoms with Gasteiger partial charge >= 0.3 is 0 Å². The summed E-state index contributed by atoms with van der Waals surface area (Å²) in [4.78, 5) is 23.7. The van der Waals surface area contributed by atoms with Gasteiger partial charge in [-0.25, -0.2) is 0 Å². The number of anilines is 2. The van der Waals surface area contributed by atoms with Crippen molar-refractivity contribution in [1.29, 1.82) is 5.26 Å². The maximum absolute atomic E-state index is 12.3. The van der Waals surface area contributed by atoms with E-state index in [1.807, 2.05) is 18.2 Å². The third-order valence-corrected chi connectivity index (χ3v) is 3.29. The number of rotatable bonds is 4. The van der Waals surface area contributed by atoms with Gasteiger partial charge in [0.15, 0.2) is 5.76 Å². The summed E-state index contributed by atoms with van der Waals surface area (Å²) in [7, 11) is 0. The Hall–Kier alpha value is -3.59. The molecule has 3 aromatic rings. The van der Waals surface area contributed by atoms with Crippen LogP contribution in [0.4, 0.5) is 11.4 Å². The van der Waals surface area contributed by atoms with E-state index in [-0.39, 0.29) is 18.1 Å². The zero-order chi connectivity index (χ0) is 16.9. The van der Waals surface area contributed by atoms with Crippen molar-refractivity contribution in [1.82, 2.24) is 0 Å². The highest BCUT2D eigenvalue weighted by Gasteiger charge is 2.12. The molecule has 0 bridgehead atoms. The minimum Gasteiger partial charge on any atom is -0.451 e. The van der Waals surface area contributed by atoms with E-state index in [0.29, 0.717) is 17.0 Å². The van der Waals surface area contributed by atoms with Crippen molar-refractivity contribution in [3.05, 3.63) is 60.4 Å². The number of fused-ring (bicyclic) bond motifs is 1. The Kier molecular flexibility index (Phi) is 4.25. The Morgan fingerprint density at radius 2 is 1.75 bits per heavy atom. The van der Waals surface area contributed by atoms with Gasteiger partial charge in [-0.1, -0.05) is 24.3 Å². The Morgan fingerprint density at radius 1 is 1.00 bits per heavy atom. The summed E-state index contributed by atoms with van der Waals surface area (Å²) < 4.78 is 5.51. The number of nitrogens with one attached hydrogen (secondary N) is 2. The lowest BCUT2D eigenvalue weighted by Gasteiger charge is -2.07. The van der Waals surface area contributed by atoms with Gasteiger partial charge in [0.1, 0.15) is 12.0 Å². The molecule has 24 heavy (non-hydrogen) atoms. The molecule has 6 nitrogen and oxygen atoms in total. The van der Waals surface area contributed by atoms with Crippen LogP contribution in [-0.2, 0) is 4.79 Å². The fourth-order valence-electron chi connectivity index (χ4n) is 2.24. The van der Waals surface area contributed by atoms with Crippen molar-refractivity contribution in [3.8, 4) is 6.07 Å². The highest BCUT2D eigenvalue weighted by Crippen LogP contribution is 2.21. The fourth-order valence-corrected chi connectivity index (χ4v) is 2.24. The predicted molar refractivity (Wildman–Crippen MR) is 89.5 cm³/mol. The lowest BCUT2D eigenvalue weighted by atomic mass is 10.2. The molecular formula is C18H13N3O3. The molecule has 2 amide bonds. The number of hydrogen-bond donors (Lipinski definition) is 2. The lowest BCUT2D eigenvalue weighted by molar-refractivity contribution is -0.115. The largest absolute Gasteiger partial charge is 0.451 e. The number of benzene rings is 2. The Bertz CT molecular complexity index is 920. The summed E-state index contributed by atoms with van der Waals surface area (Å²) in [5.41, 5.74) is 1.65. The van der Waals surface area contributed by atoms with Crippen LogP contribution >= 0.6 is 0 Å². The van der Waals surface area contributed by atoms with E-state index in [9.17, 15) is 9.59 Å². The average Bonchev–Trinajstić information content (AvgIpc) is 2.99. The molecule has 0 atom stereocenters. The number of furan rings is 1. The molecule has 0 aliphatic carbocycles. The lowest BCUT2D eigenvalue weighted by Crippen LogP contribution is -2.12. The van der Waals surface area contributed by atoms with Crippen LogP contribution in [0, 0.1) is 11.3 Å². The van der Waals surface area contributed by atoms with E-state index >= 15 is 0 Å². The number of para-hydroxylation sites is 1. The summed E-state index contributed by atoms with van der Waals surface area (Å²) in [6.45, 7) is 0. The van der Waals surface area contributed by atoms with Gasteiger partial charge in [-0.2, -0.15) is 5.26 Å². The molecule has 2 aromatic carbocycles. The van der Waals surface area contributed by atoms with Crippen molar-refractivity contribution in [3.63, 3.8) is 0 Å². The molecule has 1 aromatic heterocycles. The van der Waals surface area contributed by atoms with Crippen molar-refractivity contribution in [2.75, 3.05) is 10.6 Å². The minimum atomic E-state index is -0.404. The van der Waals surface area contributed by atoms with Crippen LogP contribution in [-0.4, -0.2) is 11.8 Å². The monoisotopic (exact) mass is 319 g/mol. The molecule has 6 heteroatoms. The van der Waals surface area contributed by atoms with Gasteiger partial charge in [0.2, 0.25) is 5.91 Å². The highest BCUT2D eigenvalue weighted by atomic mass is 16.3. The van der Waals surface area contributed by atoms with Crippen LogP contribution in [0.2, 0.25) is 0 Å². The van der Waals surface area contributed by atoms with E-state index < -0.39 is 5.91 Å². The summed E-state index contributed by atoms with van der Waals surface area (Å²) in [5.74, 6) is -0.583. The topological polar surface area (TPSA) is 95.1 Å². The van der Waals surface area contributed by atoms with Crippen molar-refractivity contribution in [2.24, 2.45) is 0 Å². The van der Waals surface area contributed by atoms with Crippen LogP contribution in [0.5, 0.6) is 0 Å². The van der Waals surface area contributed by atoms with Crippen LogP contribution in [0.25, 0.3) is 11.0 Å². The zero-order valence-corrected chi connectivity index (χ0v) is 12.6. The first-order valence-electron chi connectivity index (χ1n) is 7.22. The summed E-state index contributed by atoms with van der Waals surface area (Å²) in [6, 6.07) is 17.5. The molecule has 0 saturated carbocycles. The van der Waals surface area contributed by atoms with E-state index in [1.165, 1.54) is 0 Å². The van der Waals surface area contributed by atoms with Gasteiger partial charge in [0.05, 0.1) is 6.07 Å². The number of hydrogen-bond acceptors (Lipinski definition) is 4. The first kappa shape index (κ1) is 15.3. The molecule has 3 rings (SSSR count). The van der Waals surface area contributed by atoms with Gasteiger partial charge < -0.3 is 15.1 Å².